The Balaban J connectivity index is 1.69. The lowest BCUT2D eigenvalue weighted by molar-refractivity contribution is 0.0104. The molecule has 3 heterocycles. The monoisotopic (exact) mass is 293 g/mol. The van der Waals surface area contributed by atoms with Crippen LogP contribution in [-0.4, -0.2) is 65.6 Å². The summed E-state index contributed by atoms with van der Waals surface area (Å²) in [5.74, 6) is -0.537. The summed E-state index contributed by atoms with van der Waals surface area (Å²) < 4.78 is 18.3. The van der Waals surface area contributed by atoms with E-state index in [-0.39, 0.29) is 11.9 Å². The van der Waals surface area contributed by atoms with Gasteiger partial charge in [-0.05, 0) is 25.5 Å². The minimum absolute atomic E-state index is 0.113. The SMILES string of the molecule is C[C@@H]1[C@H](N2CCOCC2)CCN1C(=O)c1ccc(F)cn1. The number of halogens is 1. The van der Waals surface area contributed by atoms with Crippen LogP contribution in [0.1, 0.15) is 23.8 Å². The predicted octanol–water partition coefficient (Wildman–Crippen LogP) is 1.16. The van der Waals surface area contributed by atoms with E-state index in [0.717, 1.165) is 45.5 Å². The fourth-order valence-corrected chi connectivity index (χ4v) is 3.26. The second-order valence-electron chi connectivity index (χ2n) is 5.61. The van der Waals surface area contributed by atoms with Crippen LogP contribution in [-0.2, 0) is 4.74 Å². The Hall–Kier alpha value is -1.53. The average Bonchev–Trinajstić information content (AvgIpc) is 2.90. The molecule has 114 valence electrons. The molecule has 2 saturated heterocycles. The van der Waals surface area contributed by atoms with E-state index in [2.05, 4.69) is 16.8 Å². The van der Waals surface area contributed by atoms with Crippen molar-refractivity contribution in [2.45, 2.75) is 25.4 Å². The highest BCUT2D eigenvalue weighted by Gasteiger charge is 2.38. The van der Waals surface area contributed by atoms with Gasteiger partial charge in [-0.2, -0.15) is 0 Å². The van der Waals surface area contributed by atoms with Gasteiger partial charge < -0.3 is 9.64 Å². The van der Waals surface area contributed by atoms with Crippen molar-refractivity contribution in [2.75, 3.05) is 32.8 Å². The lowest BCUT2D eigenvalue weighted by Crippen LogP contribution is -2.49. The van der Waals surface area contributed by atoms with Crippen molar-refractivity contribution < 1.29 is 13.9 Å². The third-order valence-electron chi connectivity index (χ3n) is 4.44. The first-order chi connectivity index (χ1) is 10.2. The van der Waals surface area contributed by atoms with Gasteiger partial charge in [0.1, 0.15) is 11.5 Å². The van der Waals surface area contributed by atoms with Gasteiger partial charge in [0, 0.05) is 31.7 Å². The van der Waals surface area contributed by atoms with Crippen molar-refractivity contribution in [3.8, 4) is 0 Å². The van der Waals surface area contributed by atoms with E-state index >= 15 is 0 Å². The van der Waals surface area contributed by atoms with E-state index in [1.54, 1.807) is 0 Å². The number of hydrogen-bond donors (Lipinski definition) is 0. The number of amides is 1. The molecule has 2 atom stereocenters. The minimum Gasteiger partial charge on any atom is -0.379 e. The van der Waals surface area contributed by atoms with Crippen molar-refractivity contribution in [3.63, 3.8) is 0 Å². The number of carbonyl (C=O) groups excluding carboxylic acids is 1. The molecule has 0 radical (unpaired) electrons. The Morgan fingerprint density at radius 1 is 1.33 bits per heavy atom. The largest absolute Gasteiger partial charge is 0.379 e. The van der Waals surface area contributed by atoms with Gasteiger partial charge in [-0.25, -0.2) is 9.37 Å². The number of ether oxygens (including phenoxy) is 1. The number of carbonyl (C=O) groups is 1. The zero-order valence-corrected chi connectivity index (χ0v) is 12.2. The van der Waals surface area contributed by atoms with Gasteiger partial charge in [0.2, 0.25) is 0 Å². The van der Waals surface area contributed by atoms with Gasteiger partial charge in [0.25, 0.3) is 5.91 Å². The van der Waals surface area contributed by atoms with Crippen LogP contribution in [0.15, 0.2) is 18.3 Å². The first-order valence-corrected chi connectivity index (χ1v) is 7.41. The topological polar surface area (TPSA) is 45.7 Å². The molecule has 5 nitrogen and oxygen atoms in total. The molecule has 0 aliphatic carbocycles. The lowest BCUT2D eigenvalue weighted by Gasteiger charge is -2.35. The highest BCUT2D eigenvalue weighted by molar-refractivity contribution is 5.92. The minimum atomic E-state index is -0.424. The van der Waals surface area contributed by atoms with Crippen LogP contribution >= 0.6 is 0 Å². The third kappa shape index (κ3) is 2.91. The first-order valence-electron chi connectivity index (χ1n) is 7.41. The highest BCUT2D eigenvalue weighted by Crippen LogP contribution is 2.25. The molecule has 0 aromatic carbocycles. The third-order valence-corrected chi connectivity index (χ3v) is 4.44. The Morgan fingerprint density at radius 3 is 2.76 bits per heavy atom. The molecule has 2 fully saturated rings. The average molecular weight is 293 g/mol. The van der Waals surface area contributed by atoms with Crippen molar-refractivity contribution in [2.24, 2.45) is 0 Å². The molecule has 1 aromatic rings. The molecular formula is C15H20FN3O2. The normalized spacial score (nSPS) is 27.0. The second kappa shape index (κ2) is 6.07. The van der Waals surface area contributed by atoms with Crippen LogP contribution in [0.4, 0.5) is 4.39 Å². The lowest BCUT2D eigenvalue weighted by atomic mass is 10.1. The Labute approximate surface area is 123 Å². The molecule has 2 aliphatic rings. The Bertz CT molecular complexity index is 502. The van der Waals surface area contributed by atoms with Crippen LogP contribution in [0.25, 0.3) is 0 Å². The van der Waals surface area contributed by atoms with Gasteiger partial charge in [-0.1, -0.05) is 0 Å². The summed E-state index contributed by atoms with van der Waals surface area (Å²) in [4.78, 5) is 20.6. The van der Waals surface area contributed by atoms with Crippen molar-refractivity contribution in [1.82, 2.24) is 14.8 Å². The highest BCUT2D eigenvalue weighted by atomic mass is 19.1. The zero-order chi connectivity index (χ0) is 14.8. The van der Waals surface area contributed by atoms with E-state index in [0.29, 0.717) is 11.7 Å². The van der Waals surface area contributed by atoms with E-state index in [9.17, 15) is 9.18 Å². The molecule has 6 heteroatoms. The second-order valence-corrected chi connectivity index (χ2v) is 5.61. The summed E-state index contributed by atoms with van der Waals surface area (Å²) in [5, 5.41) is 0. The molecule has 3 rings (SSSR count). The maximum Gasteiger partial charge on any atom is 0.272 e. The smallest absolute Gasteiger partial charge is 0.272 e. The number of rotatable bonds is 2. The summed E-state index contributed by atoms with van der Waals surface area (Å²) in [5.41, 5.74) is 0.311. The number of hydrogen-bond acceptors (Lipinski definition) is 4. The van der Waals surface area contributed by atoms with E-state index in [1.165, 1.54) is 12.1 Å². The Kier molecular flexibility index (Phi) is 4.17. The van der Waals surface area contributed by atoms with Crippen molar-refractivity contribution in [1.29, 1.82) is 0 Å². The number of likely N-dealkylation sites (tertiary alicyclic amines) is 1. The van der Waals surface area contributed by atoms with Crippen LogP contribution in [0, 0.1) is 5.82 Å². The van der Waals surface area contributed by atoms with Gasteiger partial charge in [-0.3, -0.25) is 9.69 Å². The standard InChI is InChI=1S/C15H20FN3O2/c1-11-14(18-6-8-21-9-7-18)4-5-19(11)15(20)13-3-2-12(16)10-17-13/h2-3,10-11,14H,4-9H2,1H3/t11-,14-/m1/s1. The van der Waals surface area contributed by atoms with Gasteiger partial charge >= 0.3 is 0 Å². The molecule has 0 bridgehead atoms. The molecule has 0 spiro atoms. The number of nitrogens with zero attached hydrogens (tertiary/aromatic N) is 3. The summed E-state index contributed by atoms with van der Waals surface area (Å²) in [6.45, 7) is 6.17. The molecule has 2 aliphatic heterocycles. The molecule has 0 N–H and O–H groups in total. The summed E-state index contributed by atoms with van der Waals surface area (Å²) in [6, 6.07) is 3.24. The van der Waals surface area contributed by atoms with Crippen molar-refractivity contribution >= 4 is 5.91 Å². The summed E-state index contributed by atoms with van der Waals surface area (Å²) in [7, 11) is 0. The number of aromatic nitrogens is 1. The van der Waals surface area contributed by atoms with Crippen LogP contribution in [0.3, 0.4) is 0 Å². The maximum absolute atomic E-state index is 12.9. The summed E-state index contributed by atoms with van der Waals surface area (Å²) >= 11 is 0. The van der Waals surface area contributed by atoms with Gasteiger partial charge in [-0.15, -0.1) is 0 Å². The van der Waals surface area contributed by atoms with E-state index in [4.69, 9.17) is 4.74 Å². The fourth-order valence-electron chi connectivity index (χ4n) is 3.26. The molecular weight excluding hydrogens is 273 g/mol. The van der Waals surface area contributed by atoms with Crippen molar-refractivity contribution in [3.05, 3.63) is 29.8 Å². The van der Waals surface area contributed by atoms with Gasteiger partial charge in [0.05, 0.1) is 19.4 Å². The quantitative estimate of drug-likeness (QED) is 0.821. The number of pyridine rings is 1. The van der Waals surface area contributed by atoms with Gasteiger partial charge in [0.15, 0.2) is 0 Å². The number of morpholine rings is 1. The van der Waals surface area contributed by atoms with E-state index in [1.807, 2.05) is 4.90 Å². The maximum atomic E-state index is 12.9. The molecule has 0 saturated carbocycles. The predicted molar refractivity (Wildman–Crippen MR) is 75.5 cm³/mol. The van der Waals surface area contributed by atoms with Crippen LogP contribution < -0.4 is 0 Å². The fraction of sp³-hybridized carbons (Fsp3) is 0.600. The summed E-state index contributed by atoms with van der Waals surface area (Å²) in [6.07, 6.45) is 2.06. The molecule has 0 unspecified atom stereocenters. The van der Waals surface area contributed by atoms with E-state index < -0.39 is 5.82 Å². The molecule has 21 heavy (non-hydrogen) atoms. The van der Waals surface area contributed by atoms with Crippen LogP contribution in [0.2, 0.25) is 0 Å². The van der Waals surface area contributed by atoms with Crippen LogP contribution in [0.5, 0.6) is 0 Å². The zero-order valence-electron chi connectivity index (χ0n) is 12.2. The molecule has 1 amide bonds. The first kappa shape index (κ1) is 14.4. The molecule has 1 aromatic heterocycles. The Morgan fingerprint density at radius 2 is 2.10 bits per heavy atom.